The van der Waals surface area contributed by atoms with Gasteiger partial charge in [0, 0.05) is 5.97 Å². The third kappa shape index (κ3) is 44.0. The summed E-state index contributed by atoms with van der Waals surface area (Å²) in [5.74, 6) is -0.903. The Morgan fingerprint density at radius 1 is 0.731 bits per heavy atom. The van der Waals surface area contributed by atoms with E-state index in [1.54, 1.807) is 0 Å². The van der Waals surface area contributed by atoms with Crippen molar-refractivity contribution in [2.24, 2.45) is 0 Å². The Labute approximate surface area is 172 Å². The van der Waals surface area contributed by atoms with Gasteiger partial charge in [0.2, 0.25) is 0 Å². The van der Waals surface area contributed by atoms with Crippen LogP contribution in [-0.2, 0) is 28.8 Å². The van der Waals surface area contributed by atoms with Crippen molar-refractivity contribution >= 4 is 13.8 Å². The Balaban J connectivity index is -0.000000772. The molecule has 0 aliphatic rings. The van der Waals surface area contributed by atoms with Gasteiger partial charge in [0.15, 0.2) is 0 Å². The average Bonchev–Trinajstić information content (AvgIpc) is 2.49. The number of hydrogen-bond acceptors (Lipinski definition) is 4. The number of carboxylic acid groups (broad SMARTS) is 1. The second-order valence-corrected chi connectivity index (χ2v) is 7.54. The first-order valence-electron chi connectivity index (χ1n) is 9.73. The quantitative estimate of drug-likeness (QED) is 0.213. The number of aliphatic carboxylic acids is 1. The Bertz CT molecular complexity index is 327. The fourth-order valence-corrected chi connectivity index (χ4v) is 2.64. The molecule has 0 bridgehead atoms. The van der Waals surface area contributed by atoms with Crippen molar-refractivity contribution in [3.05, 3.63) is 0 Å². The van der Waals surface area contributed by atoms with Crippen LogP contribution >= 0.6 is 7.82 Å². The van der Waals surface area contributed by atoms with Gasteiger partial charge in [-0.15, -0.1) is 0 Å². The molecule has 0 aromatic heterocycles. The van der Waals surface area contributed by atoms with E-state index in [9.17, 15) is 9.90 Å². The molecule has 0 spiro atoms. The Hall–Kier alpha value is 0.203. The van der Waals surface area contributed by atoms with Crippen molar-refractivity contribution in [1.29, 1.82) is 0 Å². The predicted octanol–water partition coefficient (Wildman–Crippen LogP) is 3.43. The number of carbonyl (C=O) groups is 1. The maximum Gasteiger partial charge on any atom is 2.00 e. The molecule has 0 radical (unpaired) electrons. The SMILES string of the molecule is CCCCCCCCCCCCCCCCCC(=O)[O-].O=P([O-])(O)O.[Zn+2]. The van der Waals surface area contributed by atoms with Gasteiger partial charge in [-0.1, -0.05) is 96.8 Å². The molecule has 0 aliphatic heterocycles. The van der Waals surface area contributed by atoms with Gasteiger partial charge < -0.3 is 24.6 Å². The largest absolute Gasteiger partial charge is 2.00 e. The molecule has 0 saturated carbocycles. The van der Waals surface area contributed by atoms with Crippen LogP contribution in [0.3, 0.4) is 0 Å². The molecule has 6 nitrogen and oxygen atoms in total. The van der Waals surface area contributed by atoms with Crippen molar-refractivity contribution in [2.75, 3.05) is 0 Å². The molecule has 2 N–H and O–H groups in total. The number of hydrogen-bond donors (Lipinski definition) is 2. The molecule has 0 fully saturated rings. The minimum absolute atomic E-state index is 0. The standard InChI is InChI=1S/C18H36O2.H3O4P.Zn/c1-2-3-4-5-6-7-8-9-10-11-12-13-14-15-16-17-18(19)20;1-5(2,3)4;/h2-17H2,1H3,(H,19,20);(H3,1,2,3,4);/q;;+2/p-2. The minimum atomic E-state index is -4.89. The molecule has 0 aromatic carbocycles. The summed E-state index contributed by atoms with van der Waals surface area (Å²) in [4.78, 5) is 33.1. The molecular formula is C18H37O6PZn. The van der Waals surface area contributed by atoms with Crippen LogP contribution in [0.15, 0.2) is 0 Å². The molecular weight excluding hydrogens is 409 g/mol. The van der Waals surface area contributed by atoms with Gasteiger partial charge in [-0.3, -0.25) is 4.57 Å². The molecule has 0 atom stereocenters. The number of carboxylic acids is 1. The molecule has 0 unspecified atom stereocenters. The van der Waals surface area contributed by atoms with Crippen LogP contribution < -0.4 is 10.00 Å². The number of carbonyl (C=O) groups excluding carboxylic acids is 1. The summed E-state index contributed by atoms with van der Waals surface area (Å²) in [6, 6.07) is 0. The average molecular weight is 446 g/mol. The fourth-order valence-electron chi connectivity index (χ4n) is 2.64. The first-order valence-corrected chi connectivity index (χ1v) is 11.3. The van der Waals surface area contributed by atoms with Gasteiger partial charge in [-0.25, -0.2) is 0 Å². The van der Waals surface area contributed by atoms with Gasteiger partial charge in [0.05, 0.1) is 0 Å². The van der Waals surface area contributed by atoms with E-state index in [0.29, 0.717) is 0 Å². The number of unbranched alkanes of at least 4 members (excludes halogenated alkanes) is 14. The van der Waals surface area contributed by atoms with Crippen molar-refractivity contribution in [3.8, 4) is 0 Å². The second-order valence-electron chi connectivity index (χ2n) is 6.56. The van der Waals surface area contributed by atoms with E-state index >= 15 is 0 Å². The Morgan fingerprint density at radius 2 is 0.962 bits per heavy atom. The third-order valence-corrected chi connectivity index (χ3v) is 3.98. The molecule has 8 heteroatoms. The zero-order chi connectivity index (χ0) is 19.4. The van der Waals surface area contributed by atoms with Crippen LogP contribution in [0.25, 0.3) is 0 Å². The molecule has 26 heavy (non-hydrogen) atoms. The summed E-state index contributed by atoms with van der Waals surface area (Å²) in [5, 5.41) is 10.2. The van der Waals surface area contributed by atoms with E-state index in [0.717, 1.165) is 12.8 Å². The zero-order valence-electron chi connectivity index (χ0n) is 16.5. The maximum atomic E-state index is 10.2. The molecule has 152 valence electrons. The minimum Gasteiger partial charge on any atom is -0.756 e. The van der Waals surface area contributed by atoms with E-state index < -0.39 is 13.8 Å². The van der Waals surface area contributed by atoms with Gasteiger partial charge >= 0.3 is 19.5 Å². The summed E-state index contributed by atoms with van der Waals surface area (Å²) in [5.41, 5.74) is 0. The van der Waals surface area contributed by atoms with Crippen LogP contribution in [0.2, 0.25) is 0 Å². The fraction of sp³-hybridized carbons (Fsp3) is 0.944. The molecule has 0 amide bonds. The van der Waals surface area contributed by atoms with Gasteiger partial charge in [0.25, 0.3) is 7.82 Å². The summed E-state index contributed by atoms with van der Waals surface area (Å²) in [6.07, 6.45) is 19.9. The van der Waals surface area contributed by atoms with E-state index in [4.69, 9.17) is 19.2 Å². The van der Waals surface area contributed by atoms with Gasteiger partial charge in [-0.05, 0) is 12.8 Å². The zero-order valence-corrected chi connectivity index (χ0v) is 20.4. The molecule has 0 saturated heterocycles. The monoisotopic (exact) mass is 444 g/mol. The summed E-state index contributed by atoms with van der Waals surface area (Å²) in [6.45, 7) is 2.27. The summed E-state index contributed by atoms with van der Waals surface area (Å²) in [7, 11) is -4.89. The Morgan fingerprint density at radius 3 is 1.19 bits per heavy atom. The van der Waals surface area contributed by atoms with Crippen molar-refractivity contribution in [1.82, 2.24) is 0 Å². The van der Waals surface area contributed by atoms with Crippen LogP contribution in [-0.4, -0.2) is 15.8 Å². The molecule has 0 heterocycles. The van der Waals surface area contributed by atoms with Crippen LogP contribution in [0.5, 0.6) is 0 Å². The normalized spacial score (nSPS) is 10.6. The van der Waals surface area contributed by atoms with E-state index in [2.05, 4.69) is 6.92 Å². The summed E-state index contributed by atoms with van der Waals surface area (Å²) < 4.78 is 8.77. The van der Waals surface area contributed by atoms with Crippen LogP contribution in [0.1, 0.15) is 110 Å². The smallest absolute Gasteiger partial charge is 0.756 e. The maximum absolute atomic E-state index is 10.2. The van der Waals surface area contributed by atoms with Gasteiger partial charge in [-0.2, -0.15) is 0 Å². The summed E-state index contributed by atoms with van der Waals surface area (Å²) >= 11 is 0. The van der Waals surface area contributed by atoms with Crippen molar-refractivity contribution in [3.63, 3.8) is 0 Å². The molecule has 0 aromatic rings. The van der Waals surface area contributed by atoms with E-state index in [1.165, 1.54) is 83.5 Å². The number of phosphoric acid groups is 1. The second kappa shape index (κ2) is 23.2. The van der Waals surface area contributed by atoms with Gasteiger partial charge in [0.1, 0.15) is 0 Å². The predicted molar refractivity (Wildman–Crippen MR) is 96.6 cm³/mol. The topological polar surface area (TPSA) is 121 Å². The number of rotatable bonds is 16. The van der Waals surface area contributed by atoms with Crippen molar-refractivity contribution in [2.45, 2.75) is 110 Å². The first-order chi connectivity index (χ1) is 11.8. The first kappa shape index (κ1) is 30.9. The third-order valence-electron chi connectivity index (χ3n) is 3.98. The molecule has 0 rings (SSSR count). The van der Waals surface area contributed by atoms with Crippen molar-refractivity contribution < 1.29 is 48.6 Å². The van der Waals surface area contributed by atoms with E-state index in [1.807, 2.05) is 0 Å². The van der Waals surface area contributed by atoms with E-state index in [-0.39, 0.29) is 25.9 Å². The van der Waals surface area contributed by atoms with Crippen LogP contribution in [0, 0.1) is 0 Å². The Kier molecular flexibility index (Phi) is 27.6. The van der Waals surface area contributed by atoms with Crippen LogP contribution in [0.4, 0.5) is 0 Å². The molecule has 0 aliphatic carbocycles.